The van der Waals surface area contributed by atoms with Gasteiger partial charge in [-0.05, 0) is 36.8 Å². The molecule has 0 saturated carbocycles. The summed E-state index contributed by atoms with van der Waals surface area (Å²) in [5, 5.41) is 0. The number of benzene rings is 2. The van der Waals surface area contributed by atoms with E-state index in [9.17, 15) is 0 Å². The molecular formula is C17H21NO3. The molecule has 0 aromatic heterocycles. The van der Waals surface area contributed by atoms with Crippen LogP contribution in [0.4, 0.5) is 0 Å². The third kappa shape index (κ3) is 3.74. The molecule has 1 atom stereocenters. The summed E-state index contributed by atoms with van der Waals surface area (Å²) < 4.78 is 16.5. The van der Waals surface area contributed by atoms with Gasteiger partial charge in [-0.1, -0.05) is 18.2 Å². The zero-order valence-corrected chi connectivity index (χ0v) is 12.6. The minimum Gasteiger partial charge on any atom is -0.496 e. The highest BCUT2D eigenvalue weighted by Gasteiger charge is 2.15. The molecule has 4 heteroatoms. The Morgan fingerprint density at radius 3 is 2.43 bits per heavy atom. The number of ether oxygens (including phenoxy) is 3. The van der Waals surface area contributed by atoms with Crippen LogP contribution in [0.25, 0.3) is 0 Å². The second-order valence-electron chi connectivity index (χ2n) is 4.84. The van der Waals surface area contributed by atoms with Crippen LogP contribution in [0.3, 0.4) is 0 Å². The minimum atomic E-state index is -0.182. The van der Waals surface area contributed by atoms with Crippen molar-refractivity contribution in [3.63, 3.8) is 0 Å². The molecule has 2 rings (SSSR count). The Morgan fingerprint density at radius 1 is 1.05 bits per heavy atom. The normalized spacial score (nSPS) is 12.0. The number of hydrogen-bond acceptors (Lipinski definition) is 4. The molecule has 0 fully saturated rings. The van der Waals surface area contributed by atoms with Crippen LogP contribution in [-0.2, 0) is 11.3 Å². The van der Waals surface area contributed by atoms with Gasteiger partial charge >= 0.3 is 0 Å². The first-order chi connectivity index (χ1) is 10.2. The van der Waals surface area contributed by atoms with E-state index in [4.69, 9.17) is 19.9 Å². The van der Waals surface area contributed by atoms with Gasteiger partial charge in [-0.3, -0.25) is 0 Å². The topological polar surface area (TPSA) is 53.7 Å². The lowest BCUT2D eigenvalue weighted by Gasteiger charge is -2.17. The average Bonchev–Trinajstić information content (AvgIpc) is 2.47. The van der Waals surface area contributed by atoms with Crippen molar-refractivity contribution in [2.45, 2.75) is 19.6 Å². The highest BCUT2D eigenvalue weighted by molar-refractivity contribution is 5.48. The summed E-state index contributed by atoms with van der Waals surface area (Å²) in [5.74, 6) is 2.19. The lowest BCUT2D eigenvalue weighted by atomic mass is 10.1. The Hall–Kier alpha value is -2.04. The van der Waals surface area contributed by atoms with Gasteiger partial charge in [-0.2, -0.15) is 0 Å². The maximum absolute atomic E-state index is 6.04. The van der Waals surface area contributed by atoms with Crippen LogP contribution in [-0.4, -0.2) is 14.2 Å². The molecule has 0 radical (unpaired) electrons. The summed E-state index contributed by atoms with van der Waals surface area (Å²) in [6.45, 7) is 2.46. The Balaban J connectivity index is 2.33. The SMILES string of the molecule is COCc1cccc(Oc2cccc(OC)c2C(C)N)c1. The van der Waals surface area contributed by atoms with Crippen LogP contribution in [0.2, 0.25) is 0 Å². The van der Waals surface area contributed by atoms with Gasteiger partial charge in [0.2, 0.25) is 0 Å². The smallest absolute Gasteiger partial charge is 0.135 e. The molecule has 0 aliphatic carbocycles. The van der Waals surface area contributed by atoms with Gasteiger partial charge in [0.1, 0.15) is 17.2 Å². The van der Waals surface area contributed by atoms with Crippen molar-refractivity contribution in [1.29, 1.82) is 0 Å². The van der Waals surface area contributed by atoms with Gasteiger partial charge in [-0.15, -0.1) is 0 Å². The molecule has 0 amide bonds. The fourth-order valence-electron chi connectivity index (χ4n) is 2.23. The first kappa shape index (κ1) is 15.4. The predicted molar refractivity (Wildman–Crippen MR) is 82.8 cm³/mol. The van der Waals surface area contributed by atoms with Crippen LogP contribution in [0.5, 0.6) is 17.2 Å². The van der Waals surface area contributed by atoms with Gasteiger partial charge < -0.3 is 19.9 Å². The largest absolute Gasteiger partial charge is 0.496 e. The van der Waals surface area contributed by atoms with Crippen molar-refractivity contribution in [3.05, 3.63) is 53.6 Å². The standard InChI is InChI=1S/C17H21NO3/c1-12(18)17-15(20-3)8-5-9-16(17)21-14-7-4-6-13(10-14)11-19-2/h4-10,12H,11,18H2,1-3H3. The van der Waals surface area contributed by atoms with Gasteiger partial charge in [0.15, 0.2) is 0 Å². The molecule has 0 aliphatic heterocycles. The average molecular weight is 287 g/mol. The maximum Gasteiger partial charge on any atom is 0.135 e. The van der Waals surface area contributed by atoms with Crippen LogP contribution in [0.15, 0.2) is 42.5 Å². The number of hydrogen-bond donors (Lipinski definition) is 1. The molecular weight excluding hydrogens is 266 g/mol. The summed E-state index contributed by atoms with van der Waals surface area (Å²) in [4.78, 5) is 0. The molecule has 0 heterocycles. The molecule has 2 N–H and O–H groups in total. The van der Waals surface area contributed by atoms with E-state index in [1.165, 1.54) is 0 Å². The first-order valence-electron chi connectivity index (χ1n) is 6.84. The summed E-state index contributed by atoms with van der Waals surface area (Å²) >= 11 is 0. The van der Waals surface area contributed by atoms with E-state index < -0.39 is 0 Å². The predicted octanol–water partition coefficient (Wildman–Crippen LogP) is 3.65. The first-order valence-corrected chi connectivity index (χ1v) is 6.84. The van der Waals surface area contributed by atoms with Gasteiger partial charge in [0.05, 0.1) is 19.3 Å². The molecule has 0 saturated heterocycles. The molecule has 1 unspecified atom stereocenters. The van der Waals surface area contributed by atoms with Crippen molar-refractivity contribution in [2.75, 3.05) is 14.2 Å². The molecule has 0 spiro atoms. The lowest BCUT2D eigenvalue weighted by Crippen LogP contribution is -2.08. The summed E-state index contributed by atoms with van der Waals surface area (Å²) in [6, 6.07) is 13.3. The Bertz CT molecular complexity index is 596. The van der Waals surface area contributed by atoms with E-state index in [0.29, 0.717) is 12.4 Å². The van der Waals surface area contributed by atoms with Crippen LogP contribution < -0.4 is 15.2 Å². The Labute approximate surface area is 125 Å². The zero-order valence-electron chi connectivity index (χ0n) is 12.6. The van der Waals surface area contributed by atoms with Gasteiger partial charge in [-0.25, -0.2) is 0 Å². The second kappa shape index (κ2) is 7.11. The molecule has 0 aliphatic rings. The Kier molecular flexibility index (Phi) is 5.20. The van der Waals surface area contributed by atoms with E-state index in [0.717, 1.165) is 22.6 Å². The highest BCUT2D eigenvalue weighted by atomic mass is 16.5. The van der Waals surface area contributed by atoms with E-state index in [-0.39, 0.29) is 6.04 Å². The summed E-state index contributed by atoms with van der Waals surface area (Å²) in [5.41, 5.74) is 7.96. The van der Waals surface area contributed by atoms with E-state index >= 15 is 0 Å². The maximum atomic E-state index is 6.04. The van der Waals surface area contributed by atoms with Crippen molar-refractivity contribution >= 4 is 0 Å². The van der Waals surface area contributed by atoms with Crippen LogP contribution in [0, 0.1) is 0 Å². The Morgan fingerprint density at radius 2 is 1.76 bits per heavy atom. The number of rotatable bonds is 6. The van der Waals surface area contributed by atoms with Gasteiger partial charge in [0, 0.05) is 13.2 Å². The van der Waals surface area contributed by atoms with Crippen molar-refractivity contribution in [1.82, 2.24) is 0 Å². The minimum absolute atomic E-state index is 0.182. The van der Waals surface area contributed by atoms with Crippen molar-refractivity contribution in [3.8, 4) is 17.2 Å². The fraction of sp³-hybridized carbons (Fsp3) is 0.294. The third-order valence-electron chi connectivity index (χ3n) is 3.14. The molecule has 0 bridgehead atoms. The van der Waals surface area contributed by atoms with E-state index in [2.05, 4.69) is 0 Å². The van der Waals surface area contributed by atoms with E-state index in [1.807, 2.05) is 49.4 Å². The van der Waals surface area contributed by atoms with Crippen molar-refractivity contribution < 1.29 is 14.2 Å². The van der Waals surface area contributed by atoms with Gasteiger partial charge in [0.25, 0.3) is 0 Å². The number of nitrogens with two attached hydrogens (primary N) is 1. The lowest BCUT2D eigenvalue weighted by molar-refractivity contribution is 0.184. The number of methoxy groups -OCH3 is 2. The molecule has 21 heavy (non-hydrogen) atoms. The molecule has 112 valence electrons. The van der Waals surface area contributed by atoms with Crippen molar-refractivity contribution in [2.24, 2.45) is 5.73 Å². The fourth-order valence-corrected chi connectivity index (χ4v) is 2.23. The highest BCUT2D eigenvalue weighted by Crippen LogP contribution is 2.35. The van der Waals surface area contributed by atoms with Crippen LogP contribution >= 0.6 is 0 Å². The quantitative estimate of drug-likeness (QED) is 0.881. The monoisotopic (exact) mass is 287 g/mol. The van der Waals surface area contributed by atoms with E-state index in [1.54, 1.807) is 14.2 Å². The molecule has 2 aromatic carbocycles. The van der Waals surface area contributed by atoms with Crippen LogP contribution in [0.1, 0.15) is 24.1 Å². The third-order valence-corrected chi connectivity index (χ3v) is 3.14. The summed E-state index contributed by atoms with van der Waals surface area (Å²) in [7, 11) is 3.30. The molecule has 2 aromatic rings. The summed E-state index contributed by atoms with van der Waals surface area (Å²) in [6.07, 6.45) is 0. The zero-order chi connectivity index (χ0) is 15.2. The second-order valence-corrected chi connectivity index (χ2v) is 4.84. The molecule has 4 nitrogen and oxygen atoms in total.